The highest BCUT2D eigenvalue weighted by Gasteiger charge is 2.05. The standard InChI is InChI=1S/C17H19NO2/c1-12-7-8-14(9-13(12)2)11-18-16-6-4-5-15(10-16)17(19)20-3/h4-10,18H,11H2,1-3H3. The minimum atomic E-state index is -0.320. The molecule has 2 aromatic carbocycles. The fraction of sp³-hybridized carbons (Fsp3) is 0.235. The fourth-order valence-electron chi connectivity index (χ4n) is 1.99. The monoisotopic (exact) mass is 269 g/mol. The van der Waals surface area contributed by atoms with E-state index in [1.165, 1.54) is 23.8 Å². The van der Waals surface area contributed by atoms with Crippen LogP contribution < -0.4 is 5.32 Å². The van der Waals surface area contributed by atoms with Crippen molar-refractivity contribution in [2.45, 2.75) is 20.4 Å². The Bertz CT molecular complexity index is 620. The molecule has 0 saturated carbocycles. The van der Waals surface area contributed by atoms with Crippen LogP contribution in [-0.4, -0.2) is 13.1 Å². The first-order valence-corrected chi connectivity index (χ1v) is 6.58. The van der Waals surface area contributed by atoms with Crippen LogP contribution >= 0.6 is 0 Å². The number of carbonyl (C=O) groups excluding carboxylic acids is 1. The van der Waals surface area contributed by atoms with Gasteiger partial charge in [0.15, 0.2) is 0 Å². The number of anilines is 1. The average molecular weight is 269 g/mol. The van der Waals surface area contributed by atoms with Crippen LogP contribution in [0.2, 0.25) is 0 Å². The predicted octanol–water partition coefficient (Wildman–Crippen LogP) is 3.70. The molecule has 0 atom stereocenters. The summed E-state index contributed by atoms with van der Waals surface area (Å²) >= 11 is 0. The Balaban J connectivity index is 2.07. The molecule has 0 aliphatic carbocycles. The molecule has 1 N–H and O–H groups in total. The summed E-state index contributed by atoms with van der Waals surface area (Å²) in [5.74, 6) is -0.320. The lowest BCUT2D eigenvalue weighted by molar-refractivity contribution is 0.0601. The van der Waals surface area contributed by atoms with Crippen molar-refractivity contribution < 1.29 is 9.53 Å². The number of ether oxygens (including phenoxy) is 1. The average Bonchev–Trinajstić information content (AvgIpc) is 2.48. The van der Waals surface area contributed by atoms with E-state index in [1.54, 1.807) is 12.1 Å². The van der Waals surface area contributed by atoms with Gasteiger partial charge in [0, 0.05) is 12.2 Å². The largest absolute Gasteiger partial charge is 0.465 e. The summed E-state index contributed by atoms with van der Waals surface area (Å²) in [6.07, 6.45) is 0. The van der Waals surface area contributed by atoms with Crippen molar-refractivity contribution in [3.8, 4) is 0 Å². The van der Waals surface area contributed by atoms with Gasteiger partial charge in [-0.05, 0) is 48.7 Å². The fourth-order valence-corrected chi connectivity index (χ4v) is 1.99. The molecule has 0 aliphatic rings. The number of hydrogen-bond donors (Lipinski definition) is 1. The molecule has 20 heavy (non-hydrogen) atoms. The molecular formula is C17H19NO2. The maximum absolute atomic E-state index is 11.5. The Morgan fingerprint density at radius 1 is 1.10 bits per heavy atom. The van der Waals surface area contributed by atoms with Gasteiger partial charge in [-0.15, -0.1) is 0 Å². The summed E-state index contributed by atoms with van der Waals surface area (Å²) < 4.78 is 4.72. The van der Waals surface area contributed by atoms with Gasteiger partial charge in [-0.3, -0.25) is 0 Å². The minimum Gasteiger partial charge on any atom is -0.465 e. The molecule has 0 aromatic heterocycles. The van der Waals surface area contributed by atoms with Gasteiger partial charge in [-0.25, -0.2) is 4.79 Å². The molecule has 104 valence electrons. The van der Waals surface area contributed by atoms with Crippen molar-refractivity contribution in [3.05, 3.63) is 64.7 Å². The lowest BCUT2D eigenvalue weighted by Gasteiger charge is -2.09. The Kier molecular flexibility index (Phi) is 4.41. The van der Waals surface area contributed by atoms with E-state index in [2.05, 4.69) is 37.4 Å². The van der Waals surface area contributed by atoms with E-state index in [-0.39, 0.29) is 5.97 Å². The van der Waals surface area contributed by atoms with Crippen molar-refractivity contribution in [1.82, 2.24) is 0 Å². The highest BCUT2D eigenvalue weighted by molar-refractivity contribution is 5.90. The van der Waals surface area contributed by atoms with Gasteiger partial charge in [-0.1, -0.05) is 24.3 Å². The number of benzene rings is 2. The van der Waals surface area contributed by atoms with Crippen LogP contribution in [-0.2, 0) is 11.3 Å². The SMILES string of the molecule is COC(=O)c1cccc(NCc2ccc(C)c(C)c2)c1. The second kappa shape index (κ2) is 6.24. The van der Waals surface area contributed by atoms with Gasteiger partial charge < -0.3 is 10.1 Å². The van der Waals surface area contributed by atoms with Gasteiger partial charge in [0.05, 0.1) is 12.7 Å². The van der Waals surface area contributed by atoms with E-state index in [0.717, 1.165) is 12.2 Å². The molecule has 0 amide bonds. The molecule has 2 rings (SSSR count). The van der Waals surface area contributed by atoms with Crippen LogP contribution in [0.5, 0.6) is 0 Å². The zero-order chi connectivity index (χ0) is 14.5. The first-order valence-electron chi connectivity index (χ1n) is 6.58. The zero-order valence-electron chi connectivity index (χ0n) is 12.1. The molecule has 0 heterocycles. The quantitative estimate of drug-likeness (QED) is 0.860. The molecule has 3 heteroatoms. The molecular weight excluding hydrogens is 250 g/mol. The molecule has 0 spiro atoms. The van der Waals surface area contributed by atoms with Gasteiger partial charge in [0.2, 0.25) is 0 Å². The van der Waals surface area contributed by atoms with Crippen molar-refractivity contribution in [2.24, 2.45) is 0 Å². The normalized spacial score (nSPS) is 10.2. The van der Waals surface area contributed by atoms with Crippen LogP contribution in [0.1, 0.15) is 27.0 Å². The summed E-state index contributed by atoms with van der Waals surface area (Å²) in [7, 11) is 1.39. The molecule has 0 radical (unpaired) electrons. The van der Waals surface area contributed by atoms with E-state index < -0.39 is 0 Å². The van der Waals surface area contributed by atoms with E-state index in [9.17, 15) is 4.79 Å². The summed E-state index contributed by atoms with van der Waals surface area (Å²) in [5.41, 5.74) is 5.26. The molecule has 0 bridgehead atoms. The number of esters is 1. The first-order chi connectivity index (χ1) is 9.60. The molecule has 0 aliphatic heterocycles. The third kappa shape index (κ3) is 3.38. The van der Waals surface area contributed by atoms with Crippen molar-refractivity contribution >= 4 is 11.7 Å². The number of rotatable bonds is 4. The van der Waals surface area contributed by atoms with Crippen molar-refractivity contribution in [2.75, 3.05) is 12.4 Å². The molecule has 0 fully saturated rings. The zero-order valence-corrected chi connectivity index (χ0v) is 12.1. The Labute approximate surface area is 119 Å². The Hall–Kier alpha value is -2.29. The maximum Gasteiger partial charge on any atom is 0.337 e. The highest BCUT2D eigenvalue weighted by atomic mass is 16.5. The lowest BCUT2D eigenvalue weighted by Crippen LogP contribution is -2.04. The lowest BCUT2D eigenvalue weighted by atomic mass is 10.1. The Morgan fingerprint density at radius 2 is 1.90 bits per heavy atom. The number of nitrogens with one attached hydrogen (secondary N) is 1. The number of carbonyl (C=O) groups is 1. The van der Waals surface area contributed by atoms with Gasteiger partial charge in [0.1, 0.15) is 0 Å². The van der Waals surface area contributed by atoms with Crippen LogP contribution in [0, 0.1) is 13.8 Å². The topological polar surface area (TPSA) is 38.3 Å². The molecule has 2 aromatic rings. The summed E-state index contributed by atoms with van der Waals surface area (Å²) in [6.45, 7) is 4.94. The first kappa shape index (κ1) is 14.1. The van der Waals surface area contributed by atoms with Crippen LogP contribution in [0.25, 0.3) is 0 Å². The molecule has 0 unspecified atom stereocenters. The van der Waals surface area contributed by atoms with Gasteiger partial charge >= 0.3 is 5.97 Å². The second-order valence-corrected chi connectivity index (χ2v) is 4.84. The number of aryl methyl sites for hydroxylation is 2. The number of hydrogen-bond acceptors (Lipinski definition) is 3. The summed E-state index contributed by atoms with van der Waals surface area (Å²) in [5, 5.41) is 3.32. The van der Waals surface area contributed by atoms with Crippen molar-refractivity contribution in [3.63, 3.8) is 0 Å². The predicted molar refractivity (Wildman–Crippen MR) is 81.0 cm³/mol. The Morgan fingerprint density at radius 3 is 2.60 bits per heavy atom. The van der Waals surface area contributed by atoms with E-state index >= 15 is 0 Å². The van der Waals surface area contributed by atoms with E-state index in [4.69, 9.17) is 4.74 Å². The third-order valence-electron chi connectivity index (χ3n) is 3.35. The van der Waals surface area contributed by atoms with E-state index in [0.29, 0.717) is 5.56 Å². The smallest absolute Gasteiger partial charge is 0.337 e. The molecule has 0 saturated heterocycles. The third-order valence-corrected chi connectivity index (χ3v) is 3.35. The minimum absolute atomic E-state index is 0.320. The van der Waals surface area contributed by atoms with Crippen LogP contribution in [0.15, 0.2) is 42.5 Å². The van der Waals surface area contributed by atoms with Crippen LogP contribution in [0.4, 0.5) is 5.69 Å². The molecule has 3 nitrogen and oxygen atoms in total. The number of methoxy groups -OCH3 is 1. The summed E-state index contributed by atoms with van der Waals surface area (Å²) in [6, 6.07) is 13.7. The maximum atomic E-state index is 11.5. The van der Waals surface area contributed by atoms with Crippen LogP contribution in [0.3, 0.4) is 0 Å². The van der Waals surface area contributed by atoms with Gasteiger partial charge in [-0.2, -0.15) is 0 Å². The van der Waals surface area contributed by atoms with Crippen molar-refractivity contribution in [1.29, 1.82) is 0 Å². The summed E-state index contributed by atoms with van der Waals surface area (Å²) in [4.78, 5) is 11.5. The second-order valence-electron chi connectivity index (χ2n) is 4.84. The highest BCUT2D eigenvalue weighted by Crippen LogP contribution is 2.15. The van der Waals surface area contributed by atoms with E-state index in [1.807, 2.05) is 12.1 Å². The van der Waals surface area contributed by atoms with Gasteiger partial charge in [0.25, 0.3) is 0 Å².